The summed E-state index contributed by atoms with van der Waals surface area (Å²) in [6.45, 7) is 8.77. The van der Waals surface area contributed by atoms with E-state index in [2.05, 4.69) is 9.80 Å². The van der Waals surface area contributed by atoms with Crippen molar-refractivity contribution in [2.24, 2.45) is 11.5 Å². The molecule has 0 aliphatic carbocycles. The van der Waals surface area contributed by atoms with E-state index in [0.717, 1.165) is 96.1 Å². The minimum Gasteiger partial charge on any atom is -0.379 e. The van der Waals surface area contributed by atoms with Crippen molar-refractivity contribution in [2.75, 3.05) is 65.7 Å². The molecular weight excluding hydrogens is 384 g/mol. The number of nitrogens with zero attached hydrogens (tertiary/aromatic N) is 2. The van der Waals surface area contributed by atoms with Crippen LogP contribution in [0.3, 0.4) is 0 Å². The molecule has 0 saturated carbocycles. The Hall–Kier alpha value is -2.00. The van der Waals surface area contributed by atoms with E-state index in [1.165, 1.54) is 0 Å². The first kappa shape index (κ1) is 22.7. The number of aryl methyl sites for hydroxylation is 1. The molecule has 0 spiro atoms. The monoisotopic (exact) mass is 418 g/mol. The van der Waals surface area contributed by atoms with Crippen LogP contribution in [0.15, 0.2) is 12.1 Å². The summed E-state index contributed by atoms with van der Waals surface area (Å²) in [7, 11) is 0. The van der Waals surface area contributed by atoms with Gasteiger partial charge in [0.15, 0.2) is 0 Å². The number of rotatable bonds is 10. The van der Waals surface area contributed by atoms with Crippen molar-refractivity contribution in [3.8, 4) is 0 Å². The van der Waals surface area contributed by atoms with Gasteiger partial charge in [-0.2, -0.15) is 0 Å². The molecule has 8 heteroatoms. The molecule has 3 rings (SSSR count). The first-order valence-electron chi connectivity index (χ1n) is 10.9. The zero-order valence-corrected chi connectivity index (χ0v) is 17.7. The fraction of sp³-hybridized carbons (Fsp3) is 0.636. The second-order valence-electron chi connectivity index (χ2n) is 7.97. The number of nitrogens with two attached hydrogens (primary N) is 2. The highest BCUT2D eigenvalue weighted by Crippen LogP contribution is 2.23. The van der Waals surface area contributed by atoms with E-state index in [-0.39, 0.29) is 5.56 Å². The molecule has 2 aliphatic heterocycles. The second-order valence-corrected chi connectivity index (χ2v) is 7.97. The van der Waals surface area contributed by atoms with Gasteiger partial charge < -0.3 is 20.9 Å². The maximum atomic E-state index is 12.3. The van der Waals surface area contributed by atoms with Crippen molar-refractivity contribution in [2.45, 2.75) is 25.7 Å². The highest BCUT2D eigenvalue weighted by molar-refractivity contribution is 6.07. The molecule has 2 saturated heterocycles. The predicted molar refractivity (Wildman–Crippen MR) is 115 cm³/mol. The Morgan fingerprint density at radius 3 is 1.83 bits per heavy atom. The van der Waals surface area contributed by atoms with Crippen LogP contribution in [0, 0.1) is 0 Å². The largest absolute Gasteiger partial charge is 0.379 e. The van der Waals surface area contributed by atoms with Gasteiger partial charge in [-0.3, -0.25) is 19.4 Å². The smallest absolute Gasteiger partial charge is 0.249 e. The van der Waals surface area contributed by atoms with Crippen LogP contribution in [0.5, 0.6) is 0 Å². The molecule has 0 unspecified atom stereocenters. The van der Waals surface area contributed by atoms with Crippen LogP contribution in [-0.2, 0) is 22.3 Å². The summed E-state index contributed by atoms with van der Waals surface area (Å²) in [6.07, 6.45) is 3.40. The van der Waals surface area contributed by atoms with E-state index < -0.39 is 11.8 Å². The van der Waals surface area contributed by atoms with Gasteiger partial charge in [0, 0.05) is 26.2 Å². The van der Waals surface area contributed by atoms with Crippen LogP contribution in [-0.4, -0.2) is 87.3 Å². The van der Waals surface area contributed by atoms with Crippen molar-refractivity contribution < 1.29 is 19.1 Å². The maximum Gasteiger partial charge on any atom is 0.249 e. The minimum absolute atomic E-state index is 0.223. The molecule has 2 amide bonds. The number of ether oxygens (including phenoxy) is 2. The Bertz CT molecular complexity index is 728. The van der Waals surface area contributed by atoms with Crippen LogP contribution in [0.2, 0.25) is 0 Å². The fourth-order valence-corrected chi connectivity index (χ4v) is 4.32. The number of hydrogen-bond acceptors (Lipinski definition) is 6. The molecule has 0 radical (unpaired) electrons. The Morgan fingerprint density at radius 2 is 1.33 bits per heavy atom. The number of amides is 2. The van der Waals surface area contributed by atoms with Gasteiger partial charge >= 0.3 is 0 Å². The quantitative estimate of drug-likeness (QED) is 0.569. The lowest BCUT2D eigenvalue weighted by atomic mass is 9.89. The topological polar surface area (TPSA) is 111 Å². The summed E-state index contributed by atoms with van der Waals surface area (Å²) in [5.74, 6) is -1.20. The zero-order valence-electron chi connectivity index (χ0n) is 17.7. The number of primary amides is 2. The zero-order chi connectivity index (χ0) is 21.3. The summed E-state index contributed by atoms with van der Waals surface area (Å²) < 4.78 is 10.8. The highest BCUT2D eigenvalue weighted by atomic mass is 16.5. The molecule has 1 aromatic rings. The van der Waals surface area contributed by atoms with Crippen LogP contribution >= 0.6 is 0 Å². The van der Waals surface area contributed by atoms with Crippen molar-refractivity contribution in [3.05, 3.63) is 34.4 Å². The fourth-order valence-electron chi connectivity index (χ4n) is 4.32. The van der Waals surface area contributed by atoms with Crippen molar-refractivity contribution in [1.29, 1.82) is 0 Å². The number of carbonyl (C=O) groups excluding carboxylic acids is 2. The van der Waals surface area contributed by atoms with Gasteiger partial charge in [-0.1, -0.05) is 6.07 Å². The van der Waals surface area contributed by atoms with Gasteiger partial charge in [0.1, 0.15) is 0 Å². The SMILES string of the molecule is NC(=O)c1ccc(CCCN2CCOCC2)c(CCCN2CCOCC2)c1C(N)=O. The third kappa shape index (κ3) is 6.25. The molecule has 0 aromatic heterocycles. The number of hydrogen-bond donors (Lipinski definition) is 2. The predicted octanol–water partition coefficient (Wildman–Crippen LogP) is 0.414. The van der Waals surface area contributed by atoms with Crippen molar-refractivity contribution in [3.63, 3.8) is 0 Å². The Morgan fingerprint density at radius 1 is 0.800 bits per heavy atom. The second kappa shape index (κ2) is 11.4. The molecule has 0 bridgehead atoms. The Labute approximate surface area is 178 Å². The molecule has 0 atom stereocenters. The van der Waals surface area contributed by atoms with E-state index in [0.29, 0.717) is 12.0 Å². The molecule has 30 heavy (non-hydrogen) atoms. The van der Waals surface area contributed by atoms with Crippen molar-refractivity contribution in [1.82, 2.24) is 9.80 Å². The van der Waals surface area contributed by atoms with Gasteiger partial charge in [-0.05, 0) is 56.0 Å². The van der Waals surface area contributed by atoms with E-state index in [1.807, 2.05) is 6.07 Å². The lowest BCUT2D eigenvalue weighted by molar-refractivity contribution is 0.0372. The molecule has 2 aliphatic rings. The molecule has 2 heterocycles. The highest BCUT2D eigenvalue weighted by Gasteiger charge is 2.21. The van der Waals surface area contributed by atoms with Crippen LogP contribution in [0.4, 0.5) is 0 Å². The summed E-state index contributed by atoms with van der Waals surface area (Å²) in [4.78, 5) is 28.9. The van der Waals surface area contributed by atoms with Crippen LogP contribution in [0.1, 0.15) is 44.7 Å². The van der Waals surface area contributed by atoms with Gasteiger partial charge in [0.25, 0.3) is 0 Å². The first-order chi connectivity index (χ1) is 14.6. The summed E-state index contributed by atoms with van der Waals surface area (Å²) in [6, 6.07) is 3.59. The summed E-state index contributed by atoms with van der Waals surface area (Å²) >= 11 is 0. The molecule has 166 valence electrons. The molecular formula is C22H34N4O4. The average molecular weight is 419 g/mol. The van der Waals surface area contributed by atoms with Gasteiger partial charge in [0.05, 0.1) is 37.6 Å². The molecule has 2 fully saturated rings. The average Bonchev–Trinajstić information content (AvgIpc) is 2.75. The van der Waals surface area contributed by atoms with E-state index in [4.69, 9.17) is 20.9 Å². The van der Waals surface area contributed by atoms with Crippen LogP contribution in [0.25, 0.3) is 0 Å². The standard InChI is InChI=1S/C22H34N4O4/c23-21(27)19-6-5-17(3-1-7-25-9-13-29-14-10-25)18(20(19)22(24)28)4-2-8-26-11-15-30-16-12-26/h5-6H,1-4,7-16H2,(H2,23,27)(H2,24,28). The van der Waals surface area contributed by atoms with Crippen molar-refractivity contribution >= 4 is 11.8 Å². The van der Waals surface area contributed by atoms with E-state index in [1.54, 1.807) is 6.07 Å². The Kier molecular flexibility index (Phi) is 8.62. The number of carbonyl (C=O) groups is 2. The molecule has 1 aromatic carbocycles. The van der Waals surface area contributed by atoms with E-state index >= 15 is 0 Å². The minimum atomic E-state index is -0.613. The third-order valence-electron chi connectivity index (χ3n) is 5.95. The lowest BCUT2D eigenvalue weighted by Gasteiger charge is -2.27. The van der Waals surface area contributed by atoms with Gasteiger partial charge in [0.2, 0.25) is 11.8 Å². The summed E-state index contributed by atoms with van der Waals surface area (Å²) in [5, 5.41) is 0. The molecule has 8 nitrogen and oxygen atoms in total. The molecule has 4 N–H and O–H groups in total. The maximum absolute atomic E-state index is 12.3. The Balaban J connectivity index is 1.71. The van der Waals surface area contributed by atoms with Gasteiger partial charge in [-0.15, -0.1) is 0 Å². The number of benzene rings is 1. The lowest BCUT2D eigenvalue weighted by Crippen LogP contribution is -2.37. The van der Waals surface area contributed by atoms with Crippen LogP contribution < -0.4 is 11.5 Å². The van der Waals surface area contributed by atoms with Gasteiger partial charge in [-0.25, -0.2) is 0 Å². The normalized spacial score (nSPS) is 18.4. The summed E-state index contributed by atoms with van der Waals surface area (Å²) in [5.41, 5.74) is 13.7. The van der Waals surface area contributed by atoms with E-state index in [9.17, 15) is 9.59 Å². The first-order valence-corrected chi connectivity index (χ1v) is 10.9. The third-order valence-corrected chi connectivity index (χ3v) is 5.95. The number of morpholine rings is 2.